The summed E-state index contributed by atoms with van der Waals surface area (Å²) in [4.78, 5) is 40.1. The molecule has 0 amide bonds. The van der Waals surface area contributed by atoms with E-state index in [4.69, 9.17) is 0 Å². The largest absolute Gasteiger partial charge is 0.511 e. The van der Waals surface area contributed by atoms with Crippen LogP contribution in [-0.4, -0.2) is 43.4 Å². The Morgan fingerprint density at radius 2 is 1.63 bits per heavy atom. The molecule has 7 heteroatoms. The monoisotopic (exact) mass is 482 g/mol. The highest BCUT2D eigenvalue weighted by molar-refractivity contribution is 6.25. The fourth-order valence-corrected chi connectivity index (χ4v) is 7.48. The van der Waals surface area contributed by atoms with Crippen LogP contribution in [-0.2, 0) is 9.59 Å². The summed E-state index contributed by atoms with van der Waals surface area (Å²) in [6.07, 6.45) is 0. The van der Waals surface area contributed by atoms with Gasteiger partial charge in [-0.15, -0.1) is 0 Å². The molecule has 1 aromatic rings. The summed E-state index contributed by atoms with van der Waals surface area (Å²) in [7, 11) is 0. The molecule has 0 heterocycles. The van der Waals surface area contributed by atoms with E-state index >= 15 is 0 Å². The highest BCUT2D eigenvalue weighted by atomic mass is 16.3. The molecule has 0 saturated heterocycles. The van der Waals surface area contributed by atoms with E-state index in [9.17, 15) is 34.8 Å². The van der Waals surface area contributed by atoms with Crippen molar-refractivity contribution in [2.24, 2.45) is 28.6 Å². The van der Waals surface area contributed by atoms with Gasteiger partial charge >= 0.3 is 0 Å². The van der Waals surface area contributed by atoms with Crippen molar-refractivity contribution in [1.29, 1.82) is 0 Å². The molecular weight excluding hydrogens is 448 g/mol. The highest BCUT2D eigenvalue weighted by Crippen LogP contribution is 2.70. The Hall–Kier alpha value is -2.93. The summed E-state index contributed by atoms with van der Waals surface area (Å²) in [5.74, 6) is -6.06. The first kappa shape index (κ1) is 25.2. The van der Waals surface area contributed by atoms with E-state index < -0.39 is 62.9 Å². The Bertz CT molecular complexity index is 1270. The molecule has 4 rings (SSSR count). The lowest BCUT2D eigenvalue weighted by Gasteiger charge is -2.64. The summed E-state index contributed by atoms with van der Waals surface area (Å²) in [5.41, 5.74) is -4.67. The fraction of sp³-hybridized carbons (Fsp3) is 0.536. The lowest BCUT2D eigenvalue weighted by molar-refractivity contribution is -0.189. The molecule has 3 aliphatic carbocycles. The molecular formula is C28H34O7. The number of fused-ring (bicyclic) bond motifs is 3. The molecule has 7 nitrogen and oxygen atoms in total. The van der Waals surface area contributed by atoms with Crippen molar-refractivity contribution < 1.29 is 34.8 Å². The third-order valence-corrected chi connectivity index (χ3v) is 9.70. The van der Waals surface area contributed by atoms with Crippen LogP contribution in [0.15, 0.2) is 34.8 Å². The van der Waals surface area contributed by atoms with Crippen molar-refractivity contribution in [1.82, 2.24) is 0 Å². The summed E-state index contributed by atoms with van der Waals surface area (Å²) < 4.78 is 0. The zero-order valence-corrected chi connectivity index (χ0v) is 21.5. The molecule has 6 atom stereocenters. The van der Waals surface area contributed by atoms with Gasteiger partial charge in [0.25, 0.3) is 0 Å². The first-order chi connectivity index (χ1) is 16.0. The second-order valence-electron chi connectivity index (χ2n) is 11.3. The van der Waals surface area contributed by atoms with Gasteiger partial charge in [-0.3, -0.25) is 14.4 Å². The molecule has 0 spiro atoms. The second kappa shape index (κ2) is 7.29. The molecule has 1 unspecified atom stereocenters. The molecule has 3 aliphatic rings. The van der Waals surface area contributed by atoms with Gasteiger partial charge in [-0.2, -0.15) is 0 Å². The van der Waals surface area contributed by atoms with Crippen LogP contribution in [0.1, 0.15) is 75.9 Å². The number of aryl methyl sites for hydroxylation is 1. The van der Waals surface area contributed by atoms with Gasteiger partial charge in [0.05, 0.1) is 5.56 Å². The number of rotatable bonds is 2. The van der Waals surface area contributed by atoms with Gasteiger partial charge in [0.15, 0.2) is 17.2 Å². The van der Waals surface area contributed by atoms with Gasteiger partial charge in [0, 0.05) is 22.3 Å². The van der Waals surface area contributed by atoms with Crippen molar-refractivity contribution in [3.63, 3.8) is 0 Å². The number of hydrogen-bond acceptors (Lipinski definition) is 7. The van der Waals surface area contributed by atoms with E-state index in [0.717, 1.165) is 6.92 Å². The summed E-state index contributed by atoms with van der Waals surface area (Å²) >= 11 is 0. The molecule has 4 N–H and O–H groups in total. The van der Waals surface area contributed by atoms with Crippen LogP contribution in [0, 0.1) is 35.5 Å². The van der Waals surface area contributed by atoms with E-state index in [1.54, 1.807) is 26.0 Å². The van der Waals surface area contributed by atoms with Gasteiger partial charge in [-0.1, -0.05) is 53.7 Å². The Morgan fingerprint density at radius 3 is 2.14 bits per heavy atom. The molecule has 188 valence electrons. The maximum absolute atomic E-state index is 13.9. The number of carbonyl (C=O) groups is 3. The number of phenolic OH excluding ortho intramolecular Hbond substituents is 1. The van der Waals surface area contributed by atoms with Crippen LogP contribution in [0.4, 0.5) is 0 Å². The van der Waals surface area contributed by atoms with Crippen LogP contribution >= 0.6 is 0 Å². The number of phenols is 1. The Morgan fingerprint density at radius 1 is 1.06 bits per heavy atom. The van der Waals surface area contributed by atoms with Crippen LogP contribution in [0.25, 0.3) is 0 Å². The van der Waals surface area contributed by atoms with Crippen molar-refractivity contribution in [3.8, 4) is 5.75 Å². The van der Waals surface area contributed by atoms with E-state index in [0.29, 0.717) is 11.1 Å². The van der Waals surface area contributed by atoms with Crippen molar-refractivity contribution in [2.75, 3.05) is 0 Å². The Balaban J connectivity index is 2.18. The highest BCUT2D eigenvalue weighted by Gasteiger charge is 2.74. The van der Waals surface area contributed by atoms with Crippen molar-refractivity contribution in [2.45, 2.75) is 66.9 Å². The standard InChI is InChI=1S/C28H34O7/c1-11(2)19-22(31)17(14(5)29)24(33)28(35)25(34)20-23(32)18-16(10-9-12(3)21(18)30)13(4)26(20,7)15(6)27(19,28)8/h9-11,13,15,19,30-31,34-35H,1-8H3/t13-,15-,19?,26-,27-,28+/m1/s1. The van der Waals surface area contributed by atoms with E-state index in [2.05, 4.69) is 0 Å². The summed E-state index contributed by atoms with van der Waals surface area (Å²) in [6, 6.07) is 3.52. The minimum atomic E-state index is -2.62. The summed E-state index contributed by atoms with van der Waals surface area (Å²) in [6.45, 7) is 13.6. The number of benzene rings is 1. The zero-order chi connectivity index (χ0) is 26.6. The van der Waals surface area contributed by atoms with Gasteiger partial charge in [0.2, 0.25) is 5.78 Å². The SMILES string of the molecule is CC(=O)C1=C(O)C(C(C)C)[C@@]2(C)[C@H](C)[C@]3(C)C(=C(O)[C@@]2(O)C1=O)C(=O)c1c(ccc(C)c1O)[C@H]3C. The number of aliphatic hydroxyl groups excluding tert-OH is 2. The first-order valence-corrected chi connectivity index (χ1v) is 12.0. The van der Waals surface area contributed by atoms with Gasteiger partial charge in [-0.25, -0.2) is 0 Å². The van der Waals surface area contributed by atoms with E-state index in [-0.39, 0.29) is 28.6 Å². The molecule has 0 fully saturated rings. The smallest absolute Gasteiger partial charge is 0.209 e. The average Bonchev–Trinajstić information content (AvgIpc) is 2.75. The maximum atomic E-state index is 13.9. The van der Waals surface area contributed by atoms with Crippen molar-refractivity contribution >= 4 is 17.3 Å². The number of hydrogen-bond donors (Lipinski definition) is 4. The average molecular weight is 483 g/mol. The third kappa shape index (κ3) is 2.57. The fourth-order valence-electron chi connectivity index (χ4n) is 7.48. The van der Waals surface area contributed by atoms with E-state index in [1.807, 2.05) is 34.6 Å². The van der Waals surface area contributed by atoms with Crippen LogP contribution in [0.5, 0.6) is 5.75 Å². The predicted octanol–water partition coefficient (Wildman–Crippen LogP) is 4.46. The molecule has 0 radical (unpaired) electrons. The maximum Gasteiger partial charge on any atom is 0.209 e. The second-order valence-corrected chi connectivity index (χ2v) is 11.3. The Kier molecular flexibility index (Phi) is 5.24. The molecule has 0 aliphatic heterocycles. The van der Waals surface area contributed by atoms with Crippen LogP contribution in [0.3, 0.4) is 0 Å². The van der Waals surface area contributed by atoms with E-state index in [1.165, 1.54) is 0 Å². The third-order valence-electron chi connectivity index (χ3n) is 9.70. The quantitative estimate of drug-likeness (QED) is 0.458. The Labute approximate surface area is 205 Å². The number of ketones is 3. The van der Waals surface area contributed by atoms with Crippen LogP contribution in [0.2, 0.25) is 0 Å². The first-order valence-electron chi connectivity index (χ1n) is 12.0. The zero-order valence-electron chi connectivity index (χ0n) is 21.5. The molecule has 1 aromatic carbocycles. The van der Waals surface area contributed by atoms with Crippen molar-refractivity contribution in [3.05, 3.63) is 51.5 Å². The van der Waals surface area contributed by atoms with Gasteiger partial charge in [0.1, 0.15) is 22.8 Å². The molecule has 0 saturated carbocycles. The van der Waals surface area contributed by atoms with Gasteiger partial charge < -0.3 is 20.4 Å². The number of aliphatic hydroxyl groups is 3. The lowest BCUT2D eigenvalue weighted by Crippen LogP contribution is -2.71. The lowest BCUT2D eigenvalue weighted by atomic mass is 9.39. The molecule has 0 bridgehead atoms. The number of allylic oxidation sites excluding steroid dienone is 2. The molecule has 0 aromatic heterocycles. The summed E-state index contributed by atoms with van der Waals surface area (Å²) in [5, 5.41) is 45.9. The normalized spacial score (nSPS) is 36.8. The van der Waals surface area contributed by atoms with Crippen LogP contribution < -0.4 is 0 Å². The molecule has 35 heavy (non-hydrogen) atoms. The number of carbonyl (C=O) groups excluding carboxylic acids is 3. The van der Waals surface area contributed by atoms with Gasteiger partial charge in [-0.05, 0) is 42.7 Å². The number of Topliss-reactive ketones (excluding diaryl/α,β-unsaturated/α-hetero) is 3. The minimum Gasteiger partial charge on any atom is -0.511 e. The number of aromatic hydroxyl groups is 1. The predicted molar refractivity (Wildman–Crippen MR) is 129 cm³/mol. The minimum absolute atomic E-state index is 0.0461. The topological polar surface area (TPSA) is 132 Å².